The van der Waals surface area contributed by atoms with E-state index in [1.165, 1.54) is 38.0 Å². The molecular formula is C36H52N15O23P4S+. The molecule has 9 rings (SSSR count). The van der Waals surface area contributed by atoms with Crippen LogP contribution in [0.2, 0.25) is 0 Å². The van der Waals surface area contributed by atoms with Crippen LogP contribution in [0.4, 0.5) is 17.7 Å². The number of aromatic amines is 2. The Morgan fingerprint density at radius 1 is 0.734 bits per heavy atom. The van der Waals surface area contributed by atoms with E-state index in [-0.39, 0.29) is 51.2 Å². The Balaban J connectivity index is 0.882. The Hall–Kier alpha value is -4.76. The number of aliphatic hydroxyl groups is 2. The van der Waals surface area contributed by atoms with Crippen molar-refractivity contribution in [1.29, 1.82) is 0 Å². The van der Waals surface area contributed by atoms with Crippen LogP contribution in [0.1, 0.15) is 32.5 Å². The van der Waals surface area contributed by atoms with Gasteiger partial charge in [-0.05, 0) is 20.1 Å². The number of phosphoric acid groups is 4. The Morgan fingerprint density at radius 3 is 1.96 bits per heavy atom. The van der Waals surface area contributed by atoms with E-state index in [9.17, 15) is 57.6 Å². The molecule has 7 unspecified atom stereocenters. The number of methoxy groups -OCH3 is 1. The summed E-state index contributed by atoms with van der Waals surface area (Å²) in [5.41, 5.74) is 16.1. The molecule has 0 amide bonds. The van der Waals surface area contributed by atoms with Gasteiger partial charge in [0, 0.05) is 7.11 Å². The largest absolute Gasteiger partial charge is 0.490 e. The zero-order valence-electron chi connectivity index (χ0n) is 41.5. The van der Waals surface area contributed by atoms with E-state index in [2.05, 4.69) is 48.5 Å². The smallest absolute Gasteiger partial charge is 0.386 e. The van der Waals surface area contributed by atoms with E-state index in [1.54, 1.807) is 20.1 Å². The van der Waals surface area contributed by atoms with Crippen LogP contribution >= 0.6 is 43.1 Å². The third kappa shape index (κ3) is 12.2. The number of rotatable bonds is 22. The second kappa shape index (κ2) is 22.5. The number of nitrogen functional groups attached to an aromatic ring is 3. The summed E-state index contributed by atoms with van der Waals surface area (Å²) in [6.07, 6.45) is -10.3. The molecule has 0 aliphatic carbocycles. The summed E-state index contributed by atoms with van der Waals surface area (Å²) in [5.74, 6) is -0.586. The number of thioether (sulfide) groups is 1. The Morgan fingerprint density at radius 2 is 1.32 bits per heavy atom. The van der Waals surface area contributed by atoms with Crippen LogP contribution in [0.5, 0.6) is 0 Å². The number of aryl methyl sites for hydroxylation is 1. The molecule has 3 fully saturated rings. The molecule has 434 valence electrons. The average molecular weight is 1220 g/mol. The molecule has 6 aromatic heterocycles. The predicted molar refractivity (Wildman–Crippen MR) is 264 cm³/mol. The Kier molecular flexibility index (Phi) is 16.8. The van der Waals surface area contributed by atoms with Crippen LogP contribution in [0, 0.1) is 0 Å². The molecule has 0 saturated carbocycles. The molecule has 38 nitrogen and oxygen atoms in total. The van der Waals surface area contributed by atoms with Gasteiger partial charge in [0.1, 0.15) is 60.7 Å². The molecule has 3 aliphatic rings. The van der Waals surface area contributed by atoms with E-state index >= 15 is 0 Å². The SMILES string of the molecule is COC1[C@@H](OP(=O)(O)OC[C@H]2O[C@@H](n3cnc4c(=O)[nH]c(N)nc43)C(O)[C@H]2OC(C)C)[C@@H](COP(=O)(O)OP(=O)(O)OP(=O)(O)OC[C@H]2O[C@@H]([n+]3cn(C)c4c(=O)[nH]c(N)nc43)C(O)[C@H]2SC)O[C@H]1n1cnc2c(N)ncnc21. The quantitative estimate of drug-likeness (QED) is 0.0261. The van der Waals surface area contributed by atoms with Crippen LogP contribution in [0.15, 0.2) is 34.9 Å². The maximum absolute atomic E-state index is 14.0. The van der Waals surface area contributed by atoms with Gasteiger partial charge in [-0.25, -0.2) is 42.8 Å². The van der Waals surface area contributed by atoms with Gasteiger partial charge in [0.15, 0.2) is 41.4 Å². The molecule has 6 aromatic rings. The minimum atomic E-state index is -6.15. The molecule has 9 heterocycles. The van der Waals surface area contributed by atoms with E-state index in [0.717, 1.165) is 31.5 Å². The molecular weight excluding hydrogens is 1170 g/mol. The number of nitrogens with zero attached hydrogens (tertiary/aromatic N) is 10. The van der Waals surface area contributed by atoms with Crippen molar-refractivity contribution in [1.82, 2.24) is 53.6 Å². The monoisotopic (exact) mass is 1220 g/mol. The van der Waals surface area contributed by atoms with Gasteiger partial charge in [-0.2, -0.15) is 25.4 Å². The van der Waals surface area contributed by atoms with Gasteiger partial charge in [-0.1, -0.05) is 4.98 Å². The average Bonchev–Trinajstić information content (AvgIpc) is 4.40. The zero-order valence-corrected chi connectivity index (χ0v) is 45.9. The van der Waals surface area contributed by atoms with E-state index < -0.39 is 141 Å². The van der Waals surface area contributed by atoms with Crippen molar-refractivity contribution in [2.75, 3.05) is 50.4 Å². The van der Waals surface area contributed by atoms with Crippen LogP contribution in [-0.4, -0.2) is 177 Å². The van der Waals surface area contributed by atoms with Gasteiger partial charge >= 0.3 is 36.9 Å². The van der Waals surface area contributed by atoms with Crippen LogP contribution < -0.4 is 32.9 Å². The highest BCUT2D eigenvalue weighted by atomic mass is 32.2. The number of fused-ring (bicyclic) bond motifs is 3. The Bertz CT molecular complexity index is 3570. The van der Waals surface area contributed by atoms with E-state index in [0.29, 0.717) is 0 Å². The molecule has 16 atom stereocenters. The number of H-pyrrole nitrogens is 2. The third-order valence-corrected chi connectivity index (χ3v) is 18.6. The fraction of sp³-hybridized carbons (Fsp3) is 0.583. The summed E-state index contributed by atoms with van der Waals surface area (Å²) < 4.78 is 118. The molecule has 0 spiro atoms. The number of ether oxygens (including phenoxy) is 5. The second-order valence-corrected chi connectivity index (χ2v) is 24.9. The number of aliphatic hydroxyl groups excluding tert-OH is 2. The van der Waals surface area contributed by atoms with Crippen molar-refractivity contribution in [2.24, 2.45) is 7.05 Å². The molecule has 43 heteroatoms. The normalized spacial score (nSPS) is 29.6. The van der Waals surface area contributed by atoms with Crippen molar-refractivity contribution in [2.45, 2.75) is 92.7 Å². The molecule has 3 aliphatic heterocycles. The van der Waals surface area contributed by atoms with Crippen molar-refractivity contribution in [3.05, 3.63) is 46.0 Å². The number of phosphoric ester groups is 3. The molecule has 0 radical (unpaired) electrons. The van der Waals surface area contributed by atoms with Crippen molar-refractivity contribution < 1.29 is 103 Å². The summed E-state index contributed by atoms with van der Waals surface area (Å²) in [4.78, 5) is 97.2. The van der Waals surface area contributed by atoms with Gasteiger partial charge in [-0.3, -0.25) is 51.4 Å². The summed E-state index contributed by atoms with van der Waals surface area (Å²) >= 11 is 1.04. The minimum Gasteiger partial charge on any atom is -0.386 e. The lowest BCUT2D eigenvalue weighted by atomic mass is 10.1. The first-order valence-electron chi connectivity index (χ1n) is 22.9. The highest BCUT2D eigenvalue weighted by Crippen LogP contribution is 2.68. The highest BCUT2D eigenvalue weighted by molar-refractivity contribution is 7.99. The summed E-state index contributed by atoms with van der Waals surface area (Å²) in [6.45, 7) is 0.304. The summed E-state index contributed by atoms with van der Waals surface area (Å²) in [6, 6.07) is 0. The maximum atomic E-state index is 14.0. The topological polar surface area (TPSA) is 531 Å². The van der Waals surface area contributed by atoms with Crippen molar-refractivity contribution in [3.8, 4) is 0 Å². The number of nitrogens with two attached hydrogens (primary N) is 3. The number of nitrogens with one attached hydrogen (secondary N) is 2. The number of aromatic nitrogens is 12. The molecule has 3 saturated heterocycles. The number of hydrogen-bond donors (Lipinski definition) is 11. The minimum absolute atomic E-state index is 0.0109. The van der Waals surface area contributed by atoms with Crippen LogP contribution in [0.25, 0.3) is 33.5 Å². The summed E-state index contributed by atoms with van der Waals surface area (Å²) in [5, 5.41) is 21.8. The lowest BCUT2D eigenvalue weighted by Gasteiger charge is -2.27. The summed E-state index contributed by atoms with van der Waals surface area (Å²) in [7, 11) is -20.6. The van der Waals surface area contributed by atoms with Crippen LogP contribution in [-0.2, 0) is 75.7 Å². The predicted octanol–water partition coefficient (Wildman–Crippen LogP) is -1.91. The van der Waals surface area contributed by atoms with Crippen molar-refractivity contribution >= 4 is 94.3 Å². The lowest BCUT2D eigenvalue weighted by Crippen LogP contribution is -2.45. The van der Waals surface area contributed by atoms with Crippen LogP contribution in [0.3, 0.4) is 0 Å². The molecule has 0 aromatic carbocycles. The highest BCUT2D eigenvalue weighted by Gasteiger charge is 2.54. The fourth-order valence-corrected chi connectivity index (χ4v) is 14.4. The molecule has 14 N–H and O–H groups in total. The van der Waals surface area contributed by atoms with E-state index in [4.69, 9.17) is 59.0 Å². The fourth-order valence-electron chi connectivity index (χ4n) is 9.04. The van der Waals surface area contributed by atoms with Gasteiger partial charge in [0.25, 0.3) is 17.1 Å². The number of imidazole rings is 3. The molecule has 79 heavy (non-hydrogen) atoms. The molecule has 0 bridgehead atoms. The van der Waals surface area contributed by atoms with Gasteiger partial charge in [0.2, 0.25) is 17.7 Å². The first-order chi connectivity index (χ1) is 37.1. The second-order valence-electron chi connectivity index (χ2n) is 17.8. The first-order valence-corrected chi connectivity index (χ1v) is 30.2. The lowest BCUT2D eigenvalue weighted by molar-refractivity contribution is -0.745. The zero-order chi connectivity index (χ0) is 57.3. The Labute approximate surface area is 445 Å². The van der Waals surface area contributed by atoms with Gasteiger partial charge in [-0.15, -0.1) is 0 Å². The van der Waals surface area contributed by atoms with Gasteiger partial charge in [0.05, 0.1) is 50.9 Å². The number of hydrogen-bond acceptors (Lipinski definition) is 29. The maximum Gasteiger partial charge on any atom is 0.490 e. The third-order valence-electron chi connectivity index (χ3n) is 12.2. The van der Waals surface area contributed by atoms with Gasteiger partial charge < -0.3 is 70.7 Å². The van der Waals surface area contributed by atoms with Crippen molar-refractivity contribution in [3.63, 3.8) is 0 Å². The number of anilines is 3. The van der Waals surface area contributed by atoms with E-state index in [1.807, 2.05) is 0 Å². The standard InChI is InChI=1S/C36H51N15O23P4S/c1-13(2)68-22-14(69-32(20(22)52)50-11-43-18-28(50)44-35(38)46-30(18)54)6-65-75(56,57)72-23-15(70-34(24(23)64-4)49-10-42-17-26(37)40-9-41-27(17)49)7-66-76(58,59)73-78(62,63)74-77(60,61)67-8-16-25(79-5)21(53)33(71-16)51-12-48(3)19-29(51)45-36(39)47-31(19)55/h9-16,20-25,32-34,52-53H,6-8H2,1-5H3,(H11-,37,38,39,40,41,44,45,46,47,54,55,56,57,58,59,60,61,62,63)/p+1/t14-,15-,16-,20?,21?,22+,23+,24?,25+,32-,33-,34-/m1/s1. The first kappa shape index (κ1) is 58.9.